The first-order valence-electron chi connectivity index (χ1n) is 8.18. The molecule has 2 aromatic carbocycles. The number of methoxy groups -OCH3 is 2. The third kappa shape index (κ3) is 4.63. The molecule has 144 valence electrons. The summed E-state index contributed by atoms with van der Waals surface area (Å²) in [5.41, 5.74) is 1.43. The average Bonchev–Trinajstić information content (AvgIpc) is 2.72. The van der Waals surface area contributed by atoms with Gasteiger partial charge in [0, 0.05) is 17.8 Å². The van der Waals surface area contributed by atoms with Gasteiger partial charge in [0.15, 0.2) is 0 Å². The Morgan fingerprint density at radius 1 is 1.00 bits per heavy atom. The zero-order valence-corrected chi connectivity index (χ0v) is 16.1. The summed E-state index contributed by atoms with van der Waals surface area (Å²) in [5.74, 6) is 1.08. The molecule has 0 aliphatic heterocycles. The van der Waals surface area contributed by atoms with Crippen LogP contribution < -0.4 is 14.2 Å². The summed E-state index contributed by atoms with van der Waals surface area (Å²) in [7, 11) is -0.775. The van der Waals surface area contributed by atoms with Crippen molar-refractivity contribution in [1.82, 2.24) is 9.97 Å². The van der Waals surface area contributed by atoms with E-state index in [1.807, 2.05) is 24.3 Å². The normalized spacial score (nSPS) is 11.4. The molecule has 0 aliphatic rings. The highest BCUT2D eigenvalue weighted by Crippen LogP contribution is 2.21. The molecule has 8 nitrogen and oxygen atoms in total. The maximum Gasteiger partial charge on any atom is 0.263 e. The number of sulfonamides is 1. The lowest BCUT2D eigenvalue weighted by molar-refractivity contribution is 0.397. The molecule has 0 radical (unpaired) electrons. The SMILES string of the molecule is COc1cc(NS(=O)(=O)c2ccc(N=Cc3ccccc3OC)cc2)ncn1. The first-order valence-corrected chi connectivity index (χ1v) is 9.66. The van der Waals surface area contributed by atoms with Crippen molar-refractivity contribution in [3.63, 3.8) is 0 Å². The monoisotopic (exact) mass is 398 g/mol. The highest BCUT2D eigenvalue weighted by molar-refractivity contribution is 7.92. The van der Waals surface area contributed by atoms with Crippen LogP contribution in [0.25, 0.3) is 0 Å². The topological polar surface area (TPSA) is 103 Å². The van der Waals surface area contributed by atoms with Gasteiger partial charge in [-0.1, -0.05) is 12.1 Å². The van der Waals surface area contributed by atoms with Crippen LogP contribution in [0, 0.1) is 0 Å². The van der Waals surface area contributed by atoms with Crippen molar-refractivity contribution in [3.8, 4) is 11.6 Å². The lowest BCUT2D eigenvalue weighted by atomic mass is 10.2. The predicted octanol–water partition coefficient (Wildman–Crippen LogP) is 3.05. The highest BCUT2D eigenvalue weighted by atomic mass is 32.2. The summed E-state index contributed by atoms with van der Waals surface area (Å²) >= 11 is 0. The number of ether oxygens (including phenoxy) is 2. The van der Waals surface area contributed by atoms with E-state index in [0.717, 1.165) is 5.56 Å². The van der Waals surface area contributed by atoms with Gasteiger partial charge in [0.1, 0.15) is 17.9 Å². The molecule has 1 aromatic heterocycles. The van der Waals surface area contributed by atoms with Gasteiger partial charge in [0.2, 0.25) is 5.88 Å². The molecule has 0 fully saturated rings. The lowest BCUT2D eigenvalue weighted by Crippen LogP contribution is -2.14. The Labute approximate surface area is 163 Å². The fourth-order valence-electron chi connectivity index (χ4n) is 2.33. The quantitative estimate of drug-likeness (QED) is 0.614. The van der Waals surface area contributed by atoms with E-state index >= 15 is 0 Å². The van der Waals surface area contributed by atoms with Crippen LogP contribution in [0.4, 0.5) is 11.5 Å². The Kier molecular flexibility index (Phi) is 5.85. The van der Waals surface area contributed by atoms with Crippen LogP contribution in [-0.2, 0) is 10.0 Å². The first-order chi connectivity index (χ1) is 13.5. The van der Waals surface area contributed by atoms with Crippen LogP contribution in [0.5, 0.6) is 11.6 Å². The minimum absolute atomic E-state index is 0.0846. The standard InChI is InChI=1S/C19H18N4O4S/c1-26-17-6-4-3-5-14(17)12-20-15-7-9-16(10-8-15)28(24,25)23-18-11-19(27-2)22-13-21-18/h3-13H,1-2H3,(H,21,22,23). The van der Waals surface area contributed by atoms with Crippen LogP contribution in [-0.4, -0.2) is 38.8 Å². The summed E-state index contributed by atoms with van der Waals surface area (Å²) in [6.45, 7) is 0. The van der Waals surface area contributed by atoms with Crippen molar-refractivity contribution in [2.24, 2.45) is 4.99 Å². The summed E-state index contributed by atoms with van der Waals surface area (Å²) in [4.78, 5) is 12.2. The van der Waals surface area contributed by atoms with Crippen molar-refractivity contribution in [2.45, 2.75) is 4.90 Å². The van der Waals surface area contributed by atoms with E-state index in [0.29, 0.717) is 11.4 Å². The number of nitrogens with zero attached hydrogens (tertiary/aromatic N) is 3. The molecule has 0 bridgehead atoms. The Balaban J connectivity index is 1.76. The highest BCUT2D eigenvalue weighted by Gasteiger charge is 2.15. The number of hydrogen-bond donors (Lipinski definition) is 1. The second-order valence-corrected chi connectivity index (χ2v) is 7.23. The van der Waals surface area contributed by atoms with Gasteiger partial charge in [-0.3, -0.25) is 9.71 Å². The van der Waals surface area contributed by atoms with E-state index in [4.69, 9.17) is 9.47 Å². The van der Waals surface area contributed by atoms with Gasteiger partial charge in [-0.15, -0.1) is 0 Å². The molecular weight excluding hydrogens is 380 g/mol. The molecule has 0 saturated carbocycles. The first kappa shape index (κ1) is 19.3. The second-order valence-electron chi connectivity index (χ2n) is 5.55. The second kappa shape index (κ2) is 8.49. The minimum Gasteiger partial charge on any atom is -0.496 e. The van der Waals surface area contributed by atoms with Gasteiger partial charge in [0.25, 0.3) is 10.0 Å². The van der Waals surface area contributed by atoms with Crippen LogP contribution in [0.15, 0.2) is 70.8 Å². The van der Waals surface area contributed by atoms with Crippen LogP contribution in [0.3, 0.4) is 0 Å². The largest absolute Gasteiger partial charge is 0.496 e. The van der Waals surface area contributed by atoms with E-state index in [1.165, 1.54) is 31.6 Å². The van der Waals surface area contributed by atoms with Crippen molar-refractivity contribution >= 4 is 27.7 Å². The van der Waals surface area contributed by atoms with Crippen molar-refractivity contribution in [3.05, 3.63) is 66.5 Å². The average molecular weight is 398 g/mol. The van der Waals surface area contributed by atoms with Crippen molar-refractivity contribution in [1.29, 1.82) is 0 Å². The number of hydrogen-bond acceptors (Lipinski definition) is 7. The number of para-hydroxylation sites is 1. The van der Waals surface area contributed by atoms with E-state index < -0.39 is 10.0 Å². The minimum atomic E-state index is -3.80. The molecule has 3 rings (SSSR count). The van der Waals surface area contributed by atoms with Gasteiger partial charge in [0.05, 0.1) is 24.8 Å². The molecule has 0 atom stereocenters. The number of anilines is 1. The van der Waals surface area contributed by atoms with Crippen molar-refractivity contribution in [2.75, 3.05) is 18.9 Å². The third-order valence-electron chi connectivity index (χ3n) is 3.73. The fraction of sp³-hybridized carbons (Fsp3) is 0.105. The third-order valence-corrected chi connectivity index (χ3v) is 5.10. The summed E-state index contributed by atoms with van der Waals surface area (Å²) in [6, 6.07) is 15.0. The fourth-order valence-corrected chi connectivity index (χ4v) is 3.33. The van der Waals surface area contributed by atoms with E-state index in [-0.39, 0.29) is 16.6 Å². The zero-order valence-electron chi connectivity index (χ0n) is 15.2. The number of nitrogens with one attached hydrogen (secondary N) is 1. The van der Waals surface area contributed by atoms with Crippen LogP contribution >= 0.6 is 0 Å². The van der Waals surface area contributed by atoms with E-state index in [2.05, 4.69) is 19.7 Å². The van der Waals surface area contributed by atoms with Gasteiger partial charge in [-0.2, -0.15) is 0 Å². The van der Waals surface area contributed by atoms with Gasteiger partial charge >= 0.3 is 0 Å². The maximum atomic E-state index is 12.5. The van der Waals surface area contributed by atoms with Gasteiger partial charge in [-0.05, 0) is 36.4 Å². The summed E-state index contributed by atoms with van der Waals surface area (Å²) in [5, 5.41) is 0. The van der Waals surface area contributed by atoms with E-state index in [1.54, 1.807) is 25.5 Å². The molecule has 3 aromatic rings. The van der Waals surface area contributed by atoms with E-state index in [9.17, 15) is 8.42 Å². The molecule has 1 N–H and O–H groups in total. The molecule has 0 unspecified atom stereocenters. The number of rotatable bonds is 7. The molecule has 28 heavy (non-hydrogen) atoms. The Hall–Kier alpha value is -3.46. The van der Waals surface area contributed by atoms with Crippen molar-refractivity contribution < 1.29 is 17.9 Å². The lowest BCUT2D eigenvalue weighted by Gasteiger charge is -2.08. The molecule has 0 saturated heterocycles. The Morgan fingerprint density at radius 2 is 1.75 bits per heavy atom. The molecule has 0 spiro atoms. The Morgan fingerprint density at radius 3 is 2.46 bits per heavy atom. The number of aromatic nitrogens is 2. The smallest absolute Gasteiger partial charge is 0.263 e. The molecular formula is C19H18N4O4S. The molecule has 9 heteroatoms. The van der Waals surface area contributed by atoms with Crippen LogP contribution in [0.1, 0.15) is 5.56 Å². The van der Waals surface area contributed by atoms with Gasteiger partial charge < -0.3 is 9.47 Å². The number of benzene rings is 2. The maximum absolute atomic E-state index is 12.5. The Bertz CT molecular complexity index is 1080. The predicted molar refractivity (Wildman–Crippen MR) is 106 cm³/mol. The number of aliphatic imine (C=N–C) groups is 1. The molecule has 1 heterocycles. The van der Waals surface area contributed by atoms with Gasteiger partial charge in [-0.25, -0.2) is 18.4 Å². The summed E-state index contributed by atoms with van der Waals surface area (Å²) < 4.78 is 37.6. The molecule has 0 amide bonds. The summed E-state index contributed by atoms with van der Waals surface area (Å²) in [6.07, 6.45) is 2.88. The molecule has 0 aliphatic carbocycles. The van der Waals surface area contributed by atoms with Crippen LogP contribution in [0.2, 0.25) is 0 Å². The zero-order chi connectivity index (χ0) is 20.0.